The van der Waals surface area contributed by atoms with Crippen LogP contribution in [0.2, 0.25) is 5.02 Å². The quantitative estimate of drug-likeness (QED) is 0.785. The molecule has 1 atom stereocenters. The van der Waals surface area contributed by atoms with Gasteiger partial charge in [0.2, 0.25) is 0 Å². The Kier molecular flexibility index (Phi) is 5.12. The van der Waals surface area contributed by atoms with E-state index < -0.39 is 0 Å². The fourth-order valence-corrected chi connectivity index (χ4v) is 2.83. The van der Waals surface area contributed by atoms with Gasteiger partial charge < -0.3 is 15.2 Å². The first kappa shape index (κ1) is 15.4. The molecule has 2 N–H and O–H groups in total. The number of rotatable bonds is 4. The number of hydrogen-bond donors (Lipinski definition) is 1. The molecule has 3 nitrogen and oxygen atoms in total. The normalized spacial score (nSPS) is 12.1. The number of methoxy groups -OCH3 is 2. The summed E-state index contributed by atoms with van der Waals surface area (Å²) in [5, 5.41) is 0.564. The Bertz CT molecular complexity index is 619. The molecule has 0 amide bonds. The summed E-state index contributed by atoms with van der Waals surface area (Å²) in [5.41, 5.74) is 8.13. The zero-order chi connectivity index (χ0) is 14.7. The van der Waals surface area contributed by atoms with Gasteiger partial charge in [-0.15, -0.1) is 0 Å². The van der Waals surface area contributed by atoms with Crippen molar-refractivity contribution in [2.45, 2.75) is 6.04 Å². The maximum atomic E-state index is 6.32. The summed E-state index contributed by atoms with van der Waals surface area (Å²) in [7, 11) is 3.17. The average Bonchev–Trinajstić information content (AvgIpc) is 2.46. The monoisotopic (exact) mass is 403 g/mol. The maximum Gasteiger partial charge on any atom is 0.162 e. The van der Waals surface area contributed by atoms with Gasteiger partial charge in [-0.2, -0.15) is 0 Å². The van der Waals surface area contributed by atoms with Crippen molar-refractivity contribution in [3.63, 3.8) is 0 Å². The van der Waals surface area contributed by atoms with Crippen molar-refractivity contribution < 1.29 is 9.47 Å². The first-order valence-electron chi connectivity index (χ1n) is 5.99. The second-order valence-corrected chi connectivity index (χ2v) is 5.91. The maximum absolute atomic E-state index is 6.32. The van der Waals surface area contributed by atoms with E-state index in [4.69, 9.17) is 26.8 Å². The molecule has 0 radical (unpaired) electrons. The molecule has 5 heteroatoms. The first-order chi connectivity index (χ1) is 9.56. The second kappa shape index (κ2) is 6.65. The van der Waals surface area contributed by atoms with Crippen molar-refractivity contribution in [3.8, 4) is 11.5 Å². The Morgan fingerprint density at radius 1 is 1.10 bits per heavy atom. The van der Waals surface area contributed by atoms with Crippen LogP contribution in [0.3, 0.4) is 0 Å². The molecule has 0 heterocycles. The van der Waals surface area contributed by atoms with Crippen molar-refractivity contribution in [2.75, 3.05) is 14.2 Å². The third-order valence-electron chi connectivity index (χ3n) is 3.05. The lowest BCUT2D eigenvalue weighted by atomic mass is 9.99. The van der Waals surface area contributed by atoms with E-state index in [1.165, 1.54) is 0 Å². The van der Waals surface area contributed by atoms with Crippen LogP contribution in [0.1, 0.15) is 17.2 Å². The smallest absolute Gasteiger partial charge is 0.162 e. The van der Waals surface area contributed by atoms with Crippen molar-refractivity contribution in [3.05, 3.63) is 56.1 Å². The molecule has 2 aromatic rings. The number of halogens is 2. The second-order valence-electron chi connectivity index (χ2n) is 4.26. The number of benzene rings is 2. The first-order valence-corrected chi connectivity index (χ1v) is 7.45. The van der Waals surface area contributed by atoms with Gasteiger partial charge in [-0.05, 0) is 51.9 Å². The molecule has 0 bridgehead atoms. The van der Waals surface area contributed by atoms with E-state index in [1.807, 2.05) is 30.3 Å². The zero-order valence-corrected chi connectivity index (χ0v) is 14.1. The molecule has 1 unspecified atom stereocenters. The van der Waals surface area contributed by atoms with Crippen LogP contribution in [-0.4, -0.2) is 14.2 Å². The van der Waals surface area contributed by atoms with Crippen molar-refractivity contribution in [2.24, 2.45) is 5.73 Å². The largest absolute Gasteiger partial charge is 0.493 e. The molecule has 0 aromatic heterocycles. The molecule has 106 valence electrons. The van der Waals surface area contributed by atoms with E-state index in [1.54, 1.807) is 20.3 Å². The third kappa shape index (κ3) is 3.19. The molecule has 2 rings (SSSR count). The molecular weight excluding hydrogens is 389 g/mol. The van der Waals surface area contributed by atoms with Crippen LogP contribution in [-0.2, 0) is 0 Å². The Morgan fingerprint density at radius 2 is 1.75 bits per heavy atom. The molecule has 0 saturated heterocycles. The molecule has 0 saturated carbocycles. The average molecular weight is 404 g/mol. The van der Waals surface area contributed by atoms with Gasteiger partial charge in [-0.3, -0.25) is 0 Å². The van der Waals surface area contributed by atoms with Crippen LogP contribution in [0.15, 0.2) is 36.4 Å². The SMILES string of the molecule is COc1cc(Cl)c(C(N)c2cccc(I)c2)cc1OC. The minimum Gasteiger partial charge on any atom is -0.493 e. The van der Waals surface area contributed by atoms with Crippen molar-refractivity contribution in [1.29, 1.82) is 0 Å². The van der Waals surface area contributed by atoms with Gasteiger partial charge in [0.1, 0.15) is 0 Å². The minimum absolute atomic E-state index is 0.308. The molecule has 0 aliphatic carbocycles. The van der Waals surface area contributed by atoms with E-state index in [2.05, 4.69) is 22.6 Å². The van der Waals surface area contributed by atoms with Gasteiger partial charge in [0.25, 0.3) is 0 Å². The van der Waals surface area contributed by atoms with Crippen LogP contribution in [0.4, 0.5) is 0 Å². The van der Waals surface area contributed by atoms with E-state index in [0.29, 0.717) is 16.5 Å². The van der Waals surface area contributed by atoms with Gasteiger partial charge in [-0.1, -0.05) is 23.7 Å². The minimum atomic E-state index is -0.308. The molecule has 0 aliphatic heterocycles. The van der Waals surface area contributed by atoms with Gasteiger partial charge in [0, 0.05) is 14.7 Å². The lowest BCUT2D eigenvalue weighted by Gasteiger charge is -2.17. The highest BCUT2D eigenvalue weighted by Gasteiger charge is 2.17. The third-order valence-corrected chi connectivity index (χ3v) is 4.04. The van der Waals surface area contributed by atoms with Crippen LogP contribution < -0.4 is 15.2 Å². The van der Waals surface area contributed by atoms with Crippen LogP contribution in [0, 0.1) is 3.57 Å². The van der Waals surface area contributed by atoms with Gasteiger partial charge >= 0.3 is 0 Å². The Balaban J connectivity index is 2.46. The summed E-state index contributed by atoms with van der Waals surface area (Å²) in [6.07, 6.45) is 0. The predicted molar refractivity (Wildman–Crippen MR) is 89.7 cm³/mol. The lowest BCUT2D eigenvalue weighted by molar-refractivity contribution is 0.354. The Labute approximate surface area is 137 Å². The lowest BCUT2D eigenvalue weighted by Crippen LogP contribution is -2.13. The highest BCUT2D eigenvalue weighted by molar-refractivity contribution is 14.1. The van der Waals surface area contributed by atoms with Crippen LogP contribution in [0.25, 0.3) is 0 Å². The van der Waals surface area contributed by atoms with Gasteiger partial charge in [-0.25, -0.2) is 0 Å². The van der Waals surface area contributed by atoms with Crippen molar-refractivity contribution >= 4 is 34.2 Å². The van der Waals surface area contributed by atoms with Crippen LogP contribution in [0.5, 0.6) is 11.5 Å². The fourth-order valence-electron chi connectivity index (χ4n) is 1.99. The van der Waals surface area contributed by atoms with E-state index in [0.717, 1.165) is 14.7 Å². The predicted octanol–water partition coefficient (Wildman–Crippen LogP) is 4.01. The standard InChI is InChI=1S/C15H15ClINO2/c1-19-13-7-11(12(16)8-14(13)20-2)15(18)9-4-3-5-10(17)6-9/h3-8,15H,18H2,1-2H3. The summed E-state index contributed by atoms with van der Waals surface area (Å²) in [6.45, 7) is 0. The molecule has 0 fully saturated rings. The Hall–Kier alpha value is -0.980. The molecule has 0 aliphatic rings. The topological polar surface area (TPSA) is 44.5 Å². The number of ether oxygens (including phenoxy) is 2. The summed E-state index contributed by atoms with van der Waals surface area (Å²) < 4.78 is 11.7. The summed E-state index contributed by atoms with van der Waals surface area (Å²) >= 11 is 8.56. The molecule has 20 heavy (non-hydrogen) atoms. The highest BCUT2D eigenvalue weighted by Crippen LogP contribution is 2.37. The van der Waals surface area contributed by atoms with Gasteiger partial charge in [0.05, 0.1) is 20.3 Å². The van der Waals surface area contributed by atoms with Gasteiger partial charge in [0.15, 0.2) is 11.5 Å². The molecular formula is C15H15ClINO2. The van der Waals surface area contributed by atoms with Crippen molar-refractivity contribution in [1.82, 2.24) is 0 Å². The fraction of sp³-hybridized carbons (Fsp3) is 0.200. The summed E-state index contributed by atoms with van der Waals surface area (Å²) in [4.78, 5) is 0. The highest BCUT2D eigenvalue weighted by atomic mass is 127. The molecule has 2 aromatic carbocycles. The zero-order valence-electron chi connectivity index (χ0n) is 11.2. The molecule has 0 spiro atoms. The van der Waals surface area contributed by atoms with E-state index in [-0.39, 0.29) is 6.04 Å². The van der Waals surface area contributed by atoms with Crippen LogP contribution >= 0.6 is 34.2 Å². The number of nitrogens with two attached hydrogens (primary N) is 1. The Morgan fingerprint density at radius 3 is 2.35 bits per heavy atom. The van der Waals surface area contributed by atoms with E-state index in [9.17, 15) is 0 Å². The summed E-state index contributed by atoms with van der Waals surface area (Å²) in [5.74, 6) is 1.21. The summed E-state index contributed by atoms with van der Waals surface area (Å²) in [6, 6.07) is 11.3. The van der Waals surface area contributed by atoms with E-state index >= 15 is 0 Å². The number of hydrogen-bond acceptors (Lipinski definition) is 3.